The van der Waals surface area contributed by atoms with Gasteiger partial charge in [0.15, 0.2) is 0 Å². The molecular weight excluding hydrogens is 378 g/mol. The molecule has 6 heteroatoms. The summed E-state index contributed by atoms with van der Waals surface area (Å²) < 4.78 is 13.0. The molecule has 1 fully saturated rings. The Balaban J connectivity index is 1.68. The van der Waals surface area contributed by atoms with Gasteiger partial charge in [-0.05, 0) is 42.3 Å². The highest BCUT2D eigenvalue weighted by atomic mass is 16.5. The maximum absolute atomic E-state index is 13.3. The van der Waals surface area contributed by atoms with E-state index in [1.165, 1.54) is 0 Å². The van der Waals surface area contributed by atoms with Crippen LogP contribution in [-0.2, 0) is 4.74 Å². The molecule has 1 aliphatic rings. The van der Waals surface area contributed by atoms with Crippen LogP contribution in [0.2, 0.25) is 0 Å². The van der Waals surface area contributed by atoms with Crippen molar-refractivity contribution in [1.82, 2.24) is 14.7 Å². The molecule has 1 aromatic heterocycles. The van der Waals surface area contributed by atoms with Gasteiger partial charge >= 0.3 is 0 Å². The van der Waals surface area contributed by atoms with Gasteiger partial charge in [-0.25, -0.2) is 4.68 Å². The number of amides is 1. The summed E-state index contributed by atoms with van der Waals surface area (Å²) in [5.74, 6) is 1.26. The van der Waals surface area contributed by atoms with Crippen molar-refractivity contribution in [3.05, 3.63) is 66.4 Å². The van der Waals surface area contributed by atoms with Crippen LogP contribution >= 0.6 is 0 Å². The summed E-state index contributed by atoms with van der Waals surface area (Å²) in [6, 6.07) is 17.6. The first-order valence-corrected chi connectivity index (χ1v) is 10.4. The van der Waals surface area contributed by atoms with Crippen LogP contribution in [0.5, 0.6) is 5.75 Å². The van der Waals surface area contributed by atoms with E-state index in [4.69, 9.17) is 14.6 Å². The summed E-state index contributed by atoms with van der Waals surface area (Å²) in [7, 11) is 0. The Bertz CT molecular complexity index is 975. The highest BCUT2D eigenvalue weighted by Crippen LogP contribution is 2.27. The Morgan fingerprint density at radius 3 is 2.43 bits per heavy atom. The maximum atomic E-state index is 13.3. The maximum Gasteiger partial charge on any atom is 0.257 e. The van der Waals surface area contributed by atoms with Gasteiger partial charge in [-0.3, -0.25) is 4.79 Å². The van der Waals surface area contributed by atoms with Crippen molar-refractivity contribution in [3.63, 3.8) is 0 Å². The Morgan fingerprint density at radius 2 is 1.77 bits per heavy atom. The van der Waals surface area contributed by atoms with E-state index in [1.54, 1.807) is 4.68 Å². The first-order valence-electron chi connectivity index (χ1n) is 10.4. The van der Waals surface area contributed by atoms with Crippen LogP contribution in [0.15, 0.2) is 60.8 Å². The van der Waals surface area contributed by atoms with Gasteiger partial charge in [0.05, 0.1) is 31.1 Å². The summed E-state index contributed by atoms with van der Waals surface area (Å²) in [5.41, 5.74) is 3.07. The fourth-order valence-electron chi connectivity index (χ4n) is 3.37. The number of para-hydroxylation sites is 1. The van der Waals surface area contributed by atoms with E-state index in [-0.39, 0.29) is 5.91 Å². The minimum atomic E-state index is -0.0179. The molecule has 0 saturated carbocycles. The normalized spacial score (nSPS) is 14.2. The van der Waals surface area contributed by atoms with Crippen molar-refractivity contribution in [2.24, 2.45) is 5.92 Å². The van der Waals surface area contributed by atoms with E-state index in [9.17, 15) is 4.79 Å². The molecule has 156 valence electrons. The number of carbonyl (C=O) groups is 1. The molecule has 1 amide bonds. The van der Waals surface area contributed by atoms with Crippen molar-refractivity contribution >= 4 is 5.91 Å². The zero-order valence-electron chi connectivity index (χ0n) is 17.5. The van der Waals surface area contributed by atoms with E-state index in [2.05, 4.69) is 13.8 Å². The number of ether oxygens (including phenoxy) is 2. The average molecular weight is 405 g/mol. The first-order chi connectivity index (χ1) is 14.6. The van der Waals surface area contributed by atoms with Crippen molar-refractivity contribution in [2.45, 2.75) is 13.8 Å². The lowest BCUT2D eigenvalue weighted by molar-refractivity contribution is 0.0303. The molecule has 4 rings (SSSR count). The number of rotatable bonds is 6. The fourth-order valence-corrected chi connectivity index (χ4v) is 3.37. The Hall–Kier alpha value is -3.12. The van der Waals surface area contributed by atoms with E-state index < -0.39 is 0 Å². The van der Waals surface area contributed by atoms with E-state index >= 15 is 0 Å². The Kier molecular flexibility index (Phi) is 6.14. The van der Waals surface area contributed by atoms with E-state index in [1.807, 2.05) is 65.7 Å². The lowest BCUT2D eigenvalue weighted by Crippen LogP contribution is -2.40. The molecule has 1 aliphatic heterocycles. The van der Waals surface area contributed by atoms with Gasteiger partial charge in [0.2, 0.25) is 0 Å². The predicted molar refractivity (Wildman–Crippen MR) is 116 cm³/mol. The van der Waals surface area contributed by atoms with Crippen molar-refractivity contribution < 1.29 is 14.3 Å². The molecule has 30 heavy (non-hydrogen) atoms. The molecule has 0 atom stereocenters. The highest BCUT2D eigenvalue weighted by Gasteiger charge is 2.25. The molecule has 2 heterocycles. The molecule has 1 saturated heterocycles. The predicted octanol–water partition coefficient (Wildman–Crippen LogP) is 4.05. The van der Waals surface area contributed by atoms with Crippen molar-refractivity contribution in [2.75, 3.05) is 32.9 Å². The van der Waals surface area contributed by atoms with Gasteiger partial charge in [-0.1, -0.05) is 32.0 Å². The van der Waals surface area contributed by atoms with E-state index in [0.29, 0.717) is 50.1 Å². The number of morpholine rings is 1. The average Bonchev–Trinajstić information content (AvgIpc) is 3.24. The molecule has 0 aliphatic carbocycles. The van der Waals surface area contributed by atoms with Gasteiger partial charge < -0.3 is 14.4 Å². The topological polar surface area (TPSA) is 56.6 Å². The quantitative estimate of drug-likeness (QED) is 0.621. The van der Waals surface area contributed by atoms with Crippen LogP contribution in [0, 0.1) is 5.92 Å². The number of benzene rings is 2. The second-order valence-corrected chi connectivity index (χ2v) is 7.81. The van der Waals surface area contributed by atoms with Gasteiger partial charge in [-0.15, -0.1) is 0 Å². The summed E-state index contributed by atoms with van der Waals surface area (Å²) in [5, 5.41) is 4.77. The molecule has 0 unspecified atom stereocenters. The highest BCUT2D eigenvalue weighted by molar-refractivity contribution is 6.00. The molecule has 0 radical (unpaired) electrons. The molecule has 0 spiro atoms. The minimum Gasteiger partial charge on any atom is -0.493 e. The molecule has 2 aromatic carbocycles. The number of hydrogen-bond donors (Lipinski definition) is 0. The molecule has 6 nitrogen and oxygen atoms in total. The van der Waals surface area contributed by atoms with Crippen molar-refractivity contribution in [3.8, 4) is 22.7 Å². The van der Waals surface area contributed by atoms with Crippen LogP contribution in [-0.4, -0.2) is 53.5 Å². The molecule has 3 aromatic rings. The van der Waals surface area contributed by atoms with Crippen LogP contribution < -0.4 is 4.74 Å². The van der Waals surface area contributed by atoms with Crippen molar-refractivity contribution in [1.29, 1.82) is 0 Å². The summed E-state index contributed by atoms with van der Waals surface area (Å²) >= 11 is 0. The summed E-state index contributed by atoms with van der Waals surface area (Å²) in [4.78, 5) is 15.1. The fraction of sp³-hybridized carbons (Fsp3) is 0.333. The van der Waals surface area contributed by atoms with Crippen LogP contribution in [0.25, 0.3) is 16.9 Å². The lowest BCUT2D eigenvalue weighted by Gasteiger charge is -2.26. The third-order valence-corrected chi connectivity index (χ3v) is 4.97. The van der Waals surface area contributed by atoms with Gasteiger partial charge in [0, 0.05) is 24.8 Å². The smallest absolute Gasteiger partial charge is 0.257 e. The number of nitrogens with zero attached hydrogens (tertiary/aromatic N) is 3. The van der Waals surface area contributed by atoms with Gasteiger partial charge in [0.25, 0.3) is 5.91 Å². The number of aromatic nitrogens is 2. The van der Waals surface area contributed by atoms with Crippen LogP contribution in [0.4, 0.5) is 0 Å². The van der Waals surface area contributed by atoms with Crippen LogP contribution in [0.1, 0.15) is 24.2 Å². The minimum absolute atomic E-state index is 0.0179. The second kappa shape index (κ2) is 9.13. The molecule has 0 N–H and O–H groups in total. The molecule has 0 bridgehead atoms. The largest absolute Gasteiger partial charge is 0.493 e. The van der Waals surface area contributed by atoms with Gasteiger partial charge in [0.1, 0.15) is 11.4 Å². The Labute approximate surface area is 177 Å². The SMILES string of the molecule is CC(C)COc1ccc(-c2nn(-c3ccccc3)cc2C(=O)N2CCOCC2)cc1. The third kappa shape index (κ3) is 4.54. The zero-order chi connectivity index (χ0) is 20.9. The first kappa shape index (κ1) is 20.2. The summed E-state index contributed by atoms with van der Waals surface area (Å²) in [6.45, 7) is 7.23. The zero-order valence-corrected chi connectivity index (χ0v) is 17.5. The number of carbonyl (C=O) groups excluding carboxylic acids is 1. The second-order valence-electron chi connectivity index (χ2n) is 7.81. The standard InChI is InChI=1S/C24H27N3O3/c1-18(2)17-30-21-10-8-19(9-11-21)23-22(24(28)26-12-14-29-15-13-26)16-27(25-23)20-6-4-3-5-7-20/h3-11,16,18H,12-15,17H2,1-2H3. The number of hydrogen-bond acceptors (Lipinski definition) is 4. The molecular formula is C24H27N3O3. The lowest BCUT2D eigenvalue weighted by atomic mass is 10.1. The Morgan fingerprint density at radius 1 is 1.07 bits per heavy atom. The monoisotopic (exact) mass is 405 g/mol. The third-order valence-electron chi connectivity index (χ3n) is 4.97. The summed E-state index contributed by atoms with van der Waals surface area (Å²) in [6.07, 6.45) is 1.83. The van der Waals surface area contributed by atoms with Gasteiger partial charge in [-0.2, -0.15) is 5.10 Å². The van der Waals surface area contributed by atoms with E-state index in [0.717, 1.165) is 17.0 Å². The van der Waals surface area contributed by atoms with Crippen LogP contribution in [0.3, 0.4) is 0 Å².